The van der Waals surface area contributed by atoms with Crippen molar-refractivity contribution in [2.45, 2.75) is 57.9 Å². The van der Waals surface area contributed by atoms with Crippen LogP contribution in [0.15, 0.2) is 6.07 Å². The van der Waals surface area contributed by atoms with Gasteiger partial charge in [-0.25, -0.2) is 4.68 Å². The van der Waals surface area contributed by atoms with Crippen molar-refractivity contribution >= 4 is 5.82 Å². The molecule has 3 rings (SSSR count). The number of nitrogens with zero attached hydrogens (tertiary/aromatic N) is 2. The smallest absolute Gasteiger partial charge is 0.124 e. The van der Waals surface area contributed by atoms with Crippen molar-refractivity contribution in [3.63, 3.8) is 0 Å². The minimum Gasteiger partial charge on any atom is -0.370 e. The Morgan fingerprint density at radius 3 is 3.18 bits per heavy atom. The van der Waals surface area contributed by atoms with Crippen molar-refractivity contribution in [3.8, 4) is 0 Å². The van der Waals surface area contributed by atoms with Gasteiger partial charge in [-0.3, -0.25) is 0 Å². The monoisotopic (exact) mass is 233 g/mol. The third-order valence-corrected chi connectivity index (χ3v) is 4.30. The van der Waals surface area contributed by atoms with Gasteiger partial charge in [0.2, 0.25) is 0 Å². The summed E-state index contributed by atoms with van der Waals surface area (Å²) in [5.41, 5.74) is 1.28. The van der Waals surface area contributed by atoms with Crippen molar-refractivity contribution in [1.29, 1.82) is 0 Å². The van der Waals surface area contributed by atoms with Crippen LogP contribution in [0, 0.1) is 5.92 Å². The predicted octanol–water partition coefficient (Wildman–Crippen LogP) is 3.38. The van der Waals surface area contributed by atoms with Crippen LogP contribution in [0.25, 0.3) is 0 Å². The molecule has 1 aliphatic carbocycles. The lowest BCUT2D eigenvalue weighted by Crippen LogP contribution is -2.35. The van der Waals surface area contributed by atoms with Crippen LogP contribution in [0.2, 0.25) is 0 Å². The fourth-order valence-corrected chi connectivity index (χ4v) is 3.29. The molecule has 0 saturated heterocycles. The maximum Gasteiger partial charge on any atom is 0.124 e. The number of aryl methyl sites for hydroxylation is 1. The zero-order valence-corrected chi connectivity index (χ0v) is 10.8. The van der Waals surface area contributed by atoms with Crippen LogP contribution in [0.3, 0.4) is 0 Å². The molecule has 1 aromatic rings. The van der Waals surface area contributed by atoms with Gasteiger partial charge in [0.25, 0.3) is 0 Å². The van der Waals surface area contributed by atoms with E-state index in [0.717, 1.165) is 18.9 Å². The first-order chi connectivity index (χ1) is 8.38. The van der Waals surface area contributed by atoms with Gasteiger partial charge in [-0.2, -0.15) is 5.10 Å². The van der Waals surface area contributed by atoms with Gasteiger partial charge in [-0.15, -0.1) is 0 Å². The minimum absolute atomic E-state index is 0.676. The molecule has 1 N–H and O–H groups in total. The van der Waals surface area contributed by atoms with Crippen molar-refractivity contribution < 1.29 is 0 Å². The molecular weight excluding hydrogens is 210 g/mol. The largest absolute Gasteiger partial charge is 0.370 e. The lowest BCUT2D eigenvalue weighted by Gasteiger charge is -2.36. The second-order valence-electron chi connectivity index (χ2n) is 5.56. The molecule has 0 spiro atoms. The number of fused-ring (bicyclic) bond motifs is 3. The molecule has 0 amide bonds. The summed E-state index contributed by atoms with van der Waals surface area (Å²) in [4.78, 5) is 0. The summed E-state index contributed by atoms with van der Waals surface area (Å²) in [6.45, 7) is 3.40. The molecule has 0 radical (unpaired) electrons. The highest BCUT2D eigenvalue weighted by molar-refractivity contribution is 5.40. The zero-order valence-electron chi connectivity index (χ0n) is 10.8. The van der Waals surface area contributed by atoms with E-state index in [1.54, 1.807) is 0 Å². The van der Waals surface area contributed by atoms with Gasteiger partial charge in [0.15, 0.2) is 0 Å². The quantitative estimate of drug-likeness (QED) is 0.867. The lowest BCUT2D eigenvalue weighted by atomic mass is 9.83. The summed E-state index contributed by atoms with van der Waals surface area (Å²) in [6, 6.07) is 2.94. The number of hydrogen-bond donors (Lipinski definition) is 1. The number of unbranched alkanes of at least 4 members (excludes halogenated alkanes) is 1. The Balaban J connectivity index is 1.81. The van der Waals surface area contributed by atoms with Gasteiger partial charge >= 0.3 is 0 Å². The highest BCUT2D eigenvalue weighted by Crippen LogP contribution is 2.38. The first-order valence-electron chi connectivity index (χ1n) is 7.21. The maximum absolute atomic E-state index is 4.83. The summed E-state index contributed by atoms with van der Waals surface area (Å²) >= 11 is 0. The molecule has 1 aliphatic heterocycles. The van der Waals surface area contributed by atoms with E-state index < -0.39 is 0 Å². The van der Waals surface area contributed by atoms with Crippen LogP contribution in [0.5, 0.6) is 0 Å². The molecule has 1 fully saturated rings. The Bertz CT molecular complexity index is 383. The highest BCUT2D eigenvalue weighted by atomic mass is 15.4. The number of rotatable bonds is 3. The zero-order chi connectivity index (χ0) is 11.7. The molecule has 2 unspecified atom stereocenters. The van der Waals surface area contributed by atoms with E-state index in [1.807, 2.05) is 0 Å². The van der Waals surface area contributed by atoms with E-state index in [4.69, 9.17) is 5.10 Å². The summed E-state index contributed by atoms with van der Waals surface area (Å²) in [7, 11) is 0. The third-order valence-electron chi connectivity index (χ3n) is 4.30. The summed E-state index contributed by atoms with van der Waals surface area (Å²) in [5.74, 6) is 2.08. The van der Waals surface area contributed by atoms with Crippen LogP contribution in [-0.2, 0) is 6.42 Å². The molecule has 0 aromatic carbocycles. The first kappa shape index (κ1) is 11.1. The van der Waals surface area contributed by atoms with E-state index in [-0.39, 0.29) is 0 Å². The summed E-state index contributed by atoms with van der Waals surface area (Å²) < 4.78 is 2.29. The first-order valence-corrected chi connectivity index (χ1v) is 7.21. The topological polar surface area (TPSA) is 29.9 Å². The fraction of sp³-hybridized carbons (Fsp3) is 0.786. The van der Waals surface area contributed by atoms with E-state index >= 15 is 0 Å². The van der Waals surface area contributed by atoms with E-state index in [9.17, 15) is 0 Å². The van der Waals surface area contributed by atoms with Crippen LogP contribution >= 0.6 is 0 Å². The Kier molecular flexibility index (Phi) is 3.08. The normalized spacial score (nSPS) is 27.1. The lowest BCUT2D eigenvalue weighted by molar-refractivity contribution is 0.222. The molecule has 3 nitrogen and oxygen atoms in total. The summed E-state index contributed by atoms with van der Waals surface area (Å²) in [6.07, 6.45) is 9.13. The molecule has 2 aliphatic rings. The number of aromatic nitrogens is 2. The molecule has 2 atom stereocenters. The number of nitrogens with one attached hydrogen (secondary N) is 1. The Morgan fingerprint density at radius 2 is 2.29 bits per heavy atom. The molecular formula is C14H23N3. The van der Waals surface area contributed by atoms with Gasteiger partial charge < -0.3 is 5.32 Å². The molecule has 1 saturated carbocycles. The van der Waals surface area contributed by atoms with E-state index in [0.29, 0.717) is 6.04 Å². The number of hydrogen-bond acceptors (Lipinski definition) is 2. The van der Waals surface area contributed by atoms with Gasteiger partial charge in [0, 0.05) is 12.6 Å². The van der Waals surface area contributed by atoms with Crippen molar-refractivity contribution in [3.05, 3.63) is 11.8 Å². The molecule has 3 heteroatoms. The summed E-state index contributed by atoms with van der Waals surface area (Å²) in [5, 5.41) is 8.39. The van der Waals surface area contributed by atoms with Gasteiger partial charge in [0.1, 0.15) is 5.82 Å². The van der Waals surface area contributed by atoms with Crippen molar-refractivity contribution in [2.75, 3.05) is 11.9 Å². The molecule has 1 aromatic heterocycles. The standard InChI is InChI=1S/C14H23N3/c1-2-3-7-12-9-14-15-10-11-6-4-5-8-13(11)17(14)16-12/h9,11,13,15H,2-8,10H2,1H3. The Morgan fingerprint density at radius 1 is 1.41 bits per heavy atom. The third kappa shape index (κ3) is 2.07. The minimum atomic E-state index is 0.676. The van der Waals surface area contributed by atoms with Crippen molar-refractivity contribution in [1.82, 2.24) is 9.78 Å². The molecule has 0 bridgehead atoms. The van der Waals surface area contributed by atoms with Crippen LogP contribution < -0.4 is 5.32 Å². The van der Waals surface area contributed by atoms with E-state index in [2.05, 4.69) is 23.0 Å². The van der Waals surface area contributed by atoms with Gasteiger partial charge in [-0.1, -0.05) is 26.2 Å². The maximum atomic E-state index is 4.83. The van der Waals surface area contributed by atoms with E-state index in [1.165, 1.54) is 50.0 Å². The van der Waals surface area contributed by atoms with Gasteiger partial charge in [-0.05, 0) is 31.6 Å². The van der Waals surface area contributed by atoms with Crippen LogP contribution in [0.1, 0.15) is 57.2 Å². The highest BCUT2D eigenvalue weighted by Gasteiger charge is 2.32. The fourth-order valence-electron chi connectivity index (χ4n) is 3.29. The molecule has 94 valence electrons. The average Bonchev–Trinajstić information content (AvgIpc) is 2.79. The second-order valence-corrected chi connectivity index (χ2v) is 5.56. The average molecular weight is 233 g/mol. The Hall–Kier alpha value is -0.990. The van der Waals surface area contributed by atoms with Crippen LogP contribution in [0.4, 0.5) is 5.82 Å². The molecule has 17 heavy (non-hydrogen) atoms. The van der Waals surface area contributed by atoms with Crippen molar-refractivity contribution in [2.24, 2.45) is 5.92 Å². The molecule has 2 heterocycles. The predicted molar refractivity (Wildman–Crippen MR) is 70.3 cm³/mol. The van der Waals surface area contributed by atoms with Crippen LogP contribution in [-0.4, -0.2) is 16.3 Å². The number of anilines is 1. The second kappa shape index (κ2) is 4.71. The van der Waals surface area contributed by atoms with Gasteiger partial charge in [0.05, 0.1) is 11.7 Å². The Labute approximate surface area is 104 Å². The SMILES string of the molecule is CCCCc1cc2n(n1)C1CCCCC1CN2.